The number of nitrogens with one attached hydrogen (secondary N) is 1. The summed E-state index contributed by atoms with van der Waals surface area (Å²) in [6.07, 6.45) is 10.7. The van der Waals surface area contributed by atoms with Gasteiger partial charge in [-0.05, 0) is 37.7 Å². The summed E-state index contributed by atoms with van der Waals surface area (Å²) < 4.78 is 0. The molecule has 1 heterocycles. The monoisotopic (exact) mass is 277 g/mol. The summed E-state index contributed by atoms with van der Waals surface area (Å²) in [4.78, 5) is 19.6. The smallest absolute Gasteiger partial charge is 0.306 e. The van der Waals surface area contributed by atoms with Crippen LogP contribution < -0.4 is 5.32 Å². The molecule has 110 valence electrons. The van der Waals surface area contributed by atoms with Gasteiger partial charge in [0.2, 0.25) is 5.95 Å². The molecule has 1 aromatic rings. The van der Waals surface area contributed by atoms with Gasteiger partial charge in [0.1, 0.15) is 0 Å². The second-order valence-electron chi connectivity index (χ2n) is 5.56. The Kier molecular flexibility index (Phi) is 5.32. The molecule has 2 rings (SSSR count). The Balaban J connectivity index is 1.80. The molecule has 0 amide bonds. The number of nitrogens with zero attached hydrogens (tertiary/aromatic N) is 2. The molecule has 0 saturated heterocycles. The van der Waals surface area contributed by atoms with Gasteiger partial charge in [-0.2, -0.15) is 0 Å². The van der Waals surface area contributed by atoms with E-state index in [0.29, 0.717) is 12.4 Å². The van der Waals surface area contributed by atoms with Crippen LogP contribution in [0, 0.1) is 5.92 Å². The first kappa shape index (κ1) is 14.8. The summed E-state index contributed by atoms with van der Waals surface area (Å²) in [5.41, 5.74) is 1.17. The molecule has 0 aliphatic heterocycles. The molecule has 20 heavy (non-hydrogen) atoms. The van der Waals surface area contributed by atoms with Crippen molar-refractivity contribution < 1.29 is 9.90 Å². The lowest BCUT2D eigenvalue weighted by molar-refractivity contribution is -0.141. The van der Waals surface area contributed by atoms with E-state index in [1.54, 1.807) is 0 Å². The van der Waals surface area contributed by atoms with E-state index in [4.69, 9.17) is 5.11 Å². The fourth-order valence-electron chi connectivity index (χ4n) is 2.66. The molecule has 0 radical (unpaired) electrons. The quantitative estimate of drug-likeness (QED) is 0.749. The lowest BCUT2D eigenvalue weighted by Crippen LogP contribution is -2.19. The minimum Gasteiger partial charge on any atom is -0.481 e. The molecule has 5 heteroatoms. The van der Waals surface area contributed by atoms with Crippen LogP contribution in [0.4, 0.5) is 5.95 Å². The maximum atomic E-state index is 10.9. The van der Waals surface area contributed by atoms with E-state index in [9.17, 15) is 4.79 Å². The van der Waals surface area contributed by atoms with E-state index in [0.717, 1.165) is 19.3 Å². The van der Waals surface area contributed by atoms with Gasteiger partial charge in [-0.15, -0.1) is 0 Å². The predicted molar refractivity (Wildman–Crippen MR) is 77.6 cm³/mol. The molecule has 0 bridgehead atoms. The Morgan fingerprint density at radius 1 is 1.35 bits per heavy atom. The number of carboxylic acids is 1. The highest BCUT2D eigenvalue weighted by molar-refractivity contribution is 5.70. The number of carboxylic acid groups (broad SMARTS) is 1. The van der Waals surface area contributed by atoms with Crippen LogP contribution in [0.2, 0.25) is 0 Å². The van der Waals surface area contributed by atoms with Crippen LogP contribution in [-0.4, -0.2) is 27.1 Å². The molecule has 0 aromatic carbocycles. The summed E-state index contributed by atoms with van der Waals surface area (Å²) in [7, 11) is 0. The Hall–Kier alpha value is -1.65. The normalized spacial score (nSPS) is 21.9. The molecule has 1 aliphatic carbocycles. The predicted octanol–water partition coefficient (Wildman–Crippen LogP) is 2.87. The minimum absolute atomic E-state index is 0.182. The van der Waals surface area contributed by atoms with Gasteiger partial charge in [-0.1, -0.05) is 19.8 Å². The van der Waals surface area contributed by atoms with E-state index >= 15 is 0 Å². The molecule has 1 aromatic heterocycles. The fourth-order valence-corrected chi connectivity index (χ4v) is 2.66. The maximum absolute atomic E-state index is 10.9. The first-order valence-corrected chi connectivity index (χ1v) is 7.49. The van der Waals surface area contributed by atoms with Crippen LogP contribution in [0.3, 0.4) is 0 Å². The Labute approximate surface area is 119 Å². The van der Waals surface area contributed by atoms with Crippen molar-refractivity contribution in [2.45, 2.75) is 57.9 Å². The number of aryl methyl sites for hydroxylation is 1. The van der Waals surface area contributed by atoms with E-state index in [-0.39, 0.29) is 12.0 Å². The second-order valence-corrected chi connectivity index (χ2v) is 5.56. The minimum atomic E-state index is -0.693. The molecular weight excluding hydrogens is 254 g/mol. The third kappa shape index (κ3) is 4.18. The van der Waals surface area contributed by atoms with Crippen molar-refractivity contribution in [1.29, 1.82) is 0 Å². The average Bonchev–Trinajstić information content (AvgIpc) is 2.90. The summed E-state index contributed by atoms with van der Waals surface area (Å²) in [5, 5.41) is 12.2. The second kappa shape index (κ2) is 7.22. The zero-order valence-electron chi connectivity index (χ0n) is 12.0. The number of hydrogen-bond donors (Lipinski definition) is 2. The number of rotatable bonds is 7. The van der Waals surface area contributed by atoms with Crippen LogP contribution in [0.5, 0.6) is 0 Å². The summed E-state index contributed by atoms with van der Waals surface area (Å²) in [5.74, 6) is -0.303. The molecule has 1 aliphatic rings. The topological polar surface area (TPSA) is 75.1 Å². The standard InChI is InChI=1S/C15H23N3O2/c1-2-3-4-5-11-9-16-15(17-10-11)18-13-7-6-12(8-13)14(19)20/h9-10,12-13H,2-8H2,1H3,(H,19,20)(H,16,17,18). The van der Waals surface area contributed by atoms with Crippen LogP contribution in [0.1, 0.15) is 51.0 Å². The van der Waals surface area contributed by atoms with E-state index in [2.05, 4.69) is 22.2 Å². The van der Waals surface area contributed by atoms with E-state index in [1.165, 1.54) is 24.8 Å². The third-order valence-electron chi connectivity index (χ3n) is 3.89. The van der Waals surface area contributed by atoms with Crippen LogP contribution in [0.15, 0.2) is 12.4 Å². The molecule has 2 unspecified atom stereocenters. The number of hydrogen-bond acceptors (Lipinski definition) is 4. The van der Waals surface area contributed by atoms with Crippen molar-refractivity contribution in [3.8, 4) is 0 Å². The number of aromatic nitrogens is 2. The molecule has 0 spiro atoms. The van der Waals surface area contributed by atoms with Crippen molar-refractivity contribution in [2.24, 2.45) is 5.92 Å². The number of anilines is 1. The Morgan fingerprint density at radius 3 is 2.70 bits per heavy atom. The highest BCUT2D eigenvalue weighted by atomic mass is 16.4. The highest BCUT2D eigenvalue weighted by Crippen LogP contribution is 2.27. The zero-order chi connectivity index (χ0) is 14.4. The third-order valence-corrected chi connectivity index (χ3v) is 3.89. The van der Waals surface area contributed by atoms with E-state index in [1.807, 2.05) is 12.4 Å². The summed E-state index contributed by atoms with van der Waals surface area (Å²) in [6, 6.07) is 0.182. The van der Waals surface area contributed by atoms with Gasteiger partial charge in [0, 0.05) is 18.4 Å². The Morgan fingerprint density at radius 2 is 2.10 bits per heavy atom. The first-order chi connectivity index (χ1) is 9.69. The highest BCUT2D eigenvalue weighted by Gasteiger charge is 2.29. The average molecular weight is 277 g/mol. The van der Waals surface area contributed by atoms with Crippen LogP contribution >= 0.6 is 0 Å². The van der Waals surface area contributed by atoms with Crippen molar-refractivity contribution in [1.82, 2.24) is 9.97 Å². The van der Waals surface area contributed by atoms with Crippen LogP contribution in [-0.2, 0) is 11.2 Å². The zero-order valence-corrected chi connectivity index (χ0v) is 12.0. The van der Waals surface area contributed by atoms with Crippen molar-refractivity contribution in [2.75, 3.05) is 5.32 Å². The van der Waals surface area contributed by atoms with Gasteiger partial charge in [0.25, 0.3) is 0 Å². The number of unbranched alkanes of at least 4 members (excludes halogenated alkanes) is 2. The molecule has 1 fully saturated rings. The van der Waals surface area contributed by atoms with Crippen molar-refractivity contribution in [3.63, 3.8) is 0 Å². The molecule has 2 atom stereocenters. The molecular formula is C15H23N3O2. The van der Waals surface area contributed by atoms with Gasteiger partial charge in [-0.25, -0.2) is 9.97 Å². The number of aliphatic carboxylic acids is 1. The van der Waals surface area contributed by atoms with Crippen LogP contribution in [0.25, 0.3) is 0 Å². The van der Waals surface area contributed by atoms with Gasteiger partial charge in [-0.3, -0.25) is 4.79 Å². The van der Waals surface area contributed by atoms with Gasteiger partial charge in [0.05, 0.1) is 5.92 Å². The van der Waals surface area contributed by atoms with Gasteiger partial charge < -0.3 is 10.4 Å². The molecule has 2 N–H and O–H groups in total. The van der Waals surface area contributed by atoms with Gasteiger partial charge in [0.15, 0.2) is 0 Å². The SMILES string of the molecule is CCCCCc1cnc(NC2CCC(C(=O)O)C2)nc1. The van der Waals surface area contributed by atoms with E-state index < -0.39 is 5.97 Å². The molecule has 5 nitrogen and oxygen atoms in total. The number of carbonyl (C=O) groups is 1. The largest absolute Gasteiger partial charge is 0.481 e. The lowest BCUT2D eigenvalue weighted by Gasteiger charge is -2.12. The lowest BCUT2D eigenvalue weighted by atomic mass is 10.1. The first-order valence-electron chi connectivity index (χ1n) is 7.49. The van der Waals surface area contributed by atoms with Crippen molar-refractivity contribution >= 4 is 11.9 Å². The summed E-state index contributed by atoms with van der Waals surface area (Å²) in [6.45, 7) is 2.19. The molecule has 1 saturated carbocycles. The summed E-state index contributed by atoms with van der Waals surface area (Å²) >= 11 is 0. The maximum Gasteiger partial charge on any atom is 0.306 e. The van der Waals surface area contributed by atoms with Crippen molar-refractivity contribution in [3.05, 3.63) is 18.0 Å². The Bertz CT molecular complexity index is 433. The fraction of sp³-hybridized carbons (Fsp3) is 0.667. The van der Waals surface area contributed by atoms with Gasteiger partial charge >= 0.3 is 5.97 Å².